The van der Waals surface area contributed by atoms with Crippen LogP contribution in [0.3, 0.4) is 0 Å². The summed E-state index contributed by atoms with van der Waals surface area (Å²) in [6.07, 6.45) is 0.839. The van der Waals surface area contributed by atoms with Crippen molar-refractivity contribution in [1.29, 1.82) is 0 Å². The molecule has 31 heavy (non-hydrogen) atoms. The van der Waals surface area contributed by atoms with Crippen LogP contribution < -0.4 is 0 Å². The van der Waals surface area contributed by atoms with Crippen LogP contribution in [0.2, 0.25) is 0 Å². The highest BCUT2D eigenvalue weighted by molar-refractivity contribution is 5.82. The van der Waals surface area contributed by atoms with Crippen molar-refractivity contribution in [2.24, 2.45) is 11.8 Å². The number of aryl methyl sites for hydroxylation is 1. The number of likely N-dealkylation sites (tertiary alicyclic amines) is 1. The van der Waals surface area contributed by atoms with Crippen molar-refractivity contribution in [2.75, 3.05) is 19.6 Å². The van der Waals surface area contributed by atoms with Crippen LogP contribution in [0, 0.1) is 18.8 Å². The number of carbonyl (C=O) groups excluding carboxylic acids is 2. The summed E-state index contributed by atoms with van der Waals surface area (Å²) >= 11 is 0. The van der Waals surface area contributed by atoms with E-state index >= 15 is 0 Å². The molecule has 2 atom stereocenters. The fraction of sp³-hybridized carbons (Fsp3) is 0.462. The maximum Gasteiger partial charge on any atom is 0.227 e. The Balaban J connectivity index is 1.78. The minimum Gasteiger partial charge on any atom is -0.387 e. The minimum atomic E-state index is -0.760. The zero-order valence-corrected chi connectivity index (χ0v) is 18.8. The Hall–Kier alpha value is -2.66. The molecule has 1 fully saturated rings. The number of hydrogen-bond acceptors (Lipinski definition) is 3. The molecule has 2 aromatic rings. The number of piperidine rings is 1. The number of aliphatic hydroxyl groups is 1. The lowest BCUT2D eigenvalue weighted by Gasteiger charge is -2.36. The molecule has 1 aliphatic heterocycles. The van der Waals surface area contributed by atoms with Crippen molar-refractivity contribution in [3.8, 4) is 0 Å². The minimum absolute atomic E-state index is 0.0109. The van der Waals surface area contributed by atoms with Gasteiger partial charge < -0.3 is 14.9 Å². The van der Waals surface area contributed by atoms with E-state index in [9.17, 15) is 14.7 Å². The third-order valence-electron chi connectivity index (χ3n) is 5.92. The summed E-state index contributed by atoms with van der Waals surface area (Å²) < 4.78 is 0. The number of benzene rings is 2. The molecule has 0 saturated carbocycles. The van der Waals surface area contributed by atoms with Crippen molar-refractivity contribution in [3.63, 3.8) is 0 Å². The molecule has 2 amide bonds. The van der Waals surface area contributed by atoms with E-state index in [2.05, 4.69) is 0 Å². The SMILES string of the molecule is Cc1cccc([C@H](O)CN(Cc2ccccc2)C(=O)[C@@H]2CCCN(C(=O)C(C)C)C2)c1. The van der Waals surface area contributed by atoms with Gasteiger partial charge in [0.15, 0.2) is 0 Å². The third kappa shape index (κ3) is 6.17. The Morgan fingerprint density at radius 1 is 1.13 bits per heavy atom. The van der Waals surface area contributed by atoms with Gasteiger partial charge in [-0.2, -0.15) is 0 Å². The first-order valence-electron chi connectivity index (χ1n) is 11.2. The number of carbonyl (C=O) groups is 2. The van der Waals surface area contributed by atoms with E-state index in [1.54, 1.807) is 4.90 Å². The zero-order chi connectivity index (χ0) is 22.4. The van der Waals surface area contributed by atoms with Crippen molar-refractivity contribution < 1.29 is 14.7 Å². The molecule has 1 saturated heterocycles. The largest absolute Gasteiger partial charge is 0.387 e. The van der Waals surface area contributed by atoms with E-state index in [4.69, 9.17) is 0 Å². The second-order valence-corrected chi connectivity index (χ2v) is 8.91. The molecule has 0 radical (unpaired) electrons. The number of nitrogens with zero attached hydrogens (tertiary/aromatic N) is 2. The lowest BCUT2D eigenvalue weighted by Crippen LogP contribution is -2.48. The Morgan fingerprint density at radius 3 is 2.55 bits per heavy atom. The van der Waals surface area contributed by atoms with E-state index < -0.39 is 6.10 Å². The summed E-state index contributed by atoms with van der Waals surface area (Å²) in [5.41, 5.74) is 2.91. The molecular weight excluding hydrogens is 388 g/mol. The predicted molar refractivity (Wildman–Crippen MR) is 122 cm³/mol. The third-order valence-corrected chi connectivity index (χ3v) is 5.92. The maximum absolute atomic E-state index is 13.6. The molecule has 0 unspecified atom stereocenters. The molecule has 0 spiro atoms. The lowest BCUT2D eigenvalue weighted by molar-refractivity contribution is -0.143. The average molecular weight is 423 g/mol. The Morgan fingerprint density at radius 2 is 1.87 bits per heavy atom. The number of rotatable bonds is 7. The van der Waals surface area contributed by atoms with E-state index in [0.29, 0.717) is 19.6 Å². The molecule has 1 N–H and O–H groups in total. The van der Waals surface area contributed by atoms with Crippen LogP contribution >= 0.6 is 0 Å². The van der Waals surface area contributed by atoms with Gasteiger partial charge in [0, 0.05) is 25.6 Å². The Bertz CT molecular complexity index is 881. The first-order chi connectivity index (χ1) is 14.8. The van der Waals surface area contributed by atoms with Crippen molar-refractivity contribution >= 4 is 11.8 Å². The topological polar surface area (TPSA) is 60.9 Å². The fourth-order valence-corrected chi connectivity index (χ4v) is 4.23. The average Bonchev–Trinajstić information content (AvgIpc) is 2.78. The highest BCUT2D eigenvalue weighted by Crippen LogP contribution is 2.24. The summed E-state index contributed by atoms with van der Waals surface area (Å²) in [7, 11) is 0. The smallest absolute Gasteiger partial charge is 0.227 e. The quantitative estimate of drug-likeness (QED) is 0.735. The molecule has 3 rings (SSSR count). The molecule has 166 valence electrons. The summed E-state index contributed by atoms with van der Waals surface area (Å²) in [6.45, 7) is 7.63. The van der Waals surface area contributed by atoms with Gasteiger partial charge in [-0.15, -0.1) is 0 Å². The molecule has 0 aliphatic carbocycles. The molecule has 0 aromatic heterocycles. The standard InChI is InChI=1S/C26H34N2O3/c1-19(2)25(30)27-14-8-13-23(17-27)26(31)28(16-21-10-5-4-6-11-21)18-24(29)22-12-7-9-20(3)15-22/h4-7,9-12,15,19,23-24,29H,8,13-14,16-18H2,1-3H3/t23-,24-/m1/s1. The van der Waals surface area contributed by atoms with Crippen LogP contribution in [0.25, 0.3) is 0 Å². The van der Waals surface area contributed by atoms with E-state index in [1.807, 2.05) is 80.3 Å². The van der Waals surface area contributed by atoms with Gasteiger partial charge in [0.2, 0.25) is 11.8 Å². The maximum atomic E-state index is 13.6. The summed E-state index contributed by atoms with van der Waals surface area (Å²) in [5, 5.41) is 10.9. The Labute approximate surface area is 185 Å². The monoisotopic (exact) mass is 422 g/mol. The number of hydrogen-bond donors (Lipinski definition) is 1. The molecule has 5 nitrogen and oxygen atoms in total. The number of aliphatic hydroxyl groups excluding tert-OH is 1. The highest BCUT2D eigenvalue weighted by Gasteiger charge is 2.32. The first-order valence-corrected chi connectivity index (χ1v) is 11.2. The molecule has 0 bridgehead atoms. The van der Waals surface area contributed by atoms with Gasteiger partial charge >= 0.3 is 0 Å². The van der Waals surface area contributed by atoms with Crippen LogP contribution in [-0.2, 0) is 16.1 Å². The second-order valence-electron chi connectivity index (χ2n) is 8.91. The van der Waals surface area contributed by atoms with Gasteiger partial charge in [0.1, 0.15) is 0 Å². The zero-order valence-electron chi connectivity index (χ0n) is 18.8. The lowest BCUT2D eigenvalue weighted by atomic mass is 9.94. The van der Waals surface area contributed by atoms with Gasteiger partial charge in [-0.1, -0.05) is 74.0 Å². The van der Waals surface area contributed by atoms with Crippen LogP contribution in [0.5, 0.6) is 0 Å². The number of amides is 2. The van der Waals surface area contributed by atoms with E-state index in [0.717, 1.165) is 29.5 Å². The van der Waals surface area contributed by atoms with Crippen molar-refractivity contribution in [3.05, 3.63) is 71.3 Å². The second kappa shape index (κ2) is 10.6. The summed E-state index contributed by atoms with van der Waals surface area (Å²) in [6, 6.07) is 17.6. The van der Waals surface area contributed by atoms with Gasteiger partial charge in [0.05, 0.1) is 18.6 Å². The van der Waals surface area contributed by atoms with E-state index in [-0.39, 0.29) is 30.2 Å². The van der Waals surface area contributed by atoms with E-state index in [1.165, 1.54) is 0 Å². The van der Waals surface area contributed by atoms with Crippen LogP contribution in [0.4, 0.5) is 0 Å². The molecule has 2 aromatic carbocycles. The Kier molecular flexibility index (Phi) is 7.85. The van der Waals surface area contributed by atoms with Crippen molar-refractivity contribution in [2.45, 2.75) is 46.3 Å². The molecule has 1 heterocycles. The fourth-order valence-electron chi connectivity index (χ4n) is 4.23. The van der Waals surface area contributed by atoms with Gasteiger partial charge in [-0.05, 0) is 30.9 Å². The normalized spacial score (nSPS) is 17.5. The summed E-state index contributed by atoms with van der Waals surface area (Å²) in [4.78, 5) is 29.6. The van der Waals surface area contributed by atoms with Gasteiger partial charge in [-0.3, -0.25) is 9.59 Å². The molecule has 1 aliphatic rings. The molecule has 5 heteroatoms. The van der Waals surface area contributed by atoms with Crippen molar-refractivity contribution in [1.82, 2.24) is 9.80 Å². The first kappa shape index (κ1) is 23.0. The van der Waals surface area contributed by atoms with Gasteiger partial charge in [0.25, 0.3) is 0 Å². The van der Waals surface area contributed by atoms with Crippen LogP contribution in [0.1, 0.15) is 49.5 Å². The summed E-state index contributed by atoms with van der Waals surface area (Å²) in [5.74, 6) is -0.189. The van der Waals surface area contributed by atoms with Crippen LogP contribution in [-0.4, -0.2) is 46.4 Å². The predicted octanol–water partition coefficient (Wildman–Crippen LogP) is 3.95. The van der Waals surface area contributed by atoms with Gasteiger partial charge in [-0.25, -0.2) is 0 Å². The molecular formula is C26H34N2O3. The highest BCUT2D eigenvalue weighted by atomic mass is 16.3. The van der Waals surface area contributed by atoms with Crippen LogP contribution in [0.15, 0.2) is 54.6 Å².